The second-order valence-corrected chi connectivity index (χ2v) is 9.53. The Morgan fingerprint density at radius 1 is 1.10 bits per heavy atom. The normalized spacial score (nSPS) is 23.1. The van der Waals surface area contributed by atoms with E-state index in [0.29, 0.717) is 50.1 Å². The van der Waals surface area contributed by atoms with Crippen LogP contribution in [0.1, 0.15) is 24.8 Å². The Bertz CT molecular complexity index is 753. The van der Waals surface area contributed by atoms with Gasteiger partial charge in [0.05, 0.1) is 11.4 Å². The first-order valence-corrected chi connectivity index (χ1v) is 11.1. The van der Waals surface area contributed by atoms with Crippen LogP contribution >= 0.6 is 24.8 Å². The summed E-state index contributed by atoms with van der Waals surface area (Å²) in [7, 11) is -3.47. The maximum atomic E-state index is 12.7. The monoisotopic (exact) mass is 466 g/mol. The van der Waals surface area contributed by atoms with Crippen LogP contribution in [-0.4, -0.2) is 68.8 Å². The number of nitrogens with two attached hydrogens (primary N) is 1. The van der Waals surface area contributed by atoms with E-state index >= 15 is 0 Å². The van der Waals surface area contributed by atoms with Gasteiger partial charge in [0.25, 0.3) is 0 Å². The van der Waals surface area contributed by atoms with Gasteiger partial charge in [0.2, 0.25) is 15.9 Å². The lowest BCUT2D eigenvalue weighted by Gasteiger charge is -2.34. The standard InChI is InChI=1S/C19H30N4O3S.2ClH/c1-15-5-7-17(8-6-15)27(25,26)23-11-9-22(10-12-23)14-19(24)21-18-4-2-3-16(18)13-20;;/h5-8,16,18H,2-4,9-14,20H2,1H3,(H,21,24);2*1H. The first-order chi connectivity index (χ1) is 12.9. The van der Waals surface area contributed by atoms with Crippen LogP contribution < -0.4 is 11.1 Å². The number of amides is 1. The highest BCUT2D eigenvalue weighted by Crippen LogP contribution is 2.24. The maximum absolute atomic E-state index is 12.7. The molecule has 29 heavy (non-hydrogen) atoms. The molecule has 3 N–H and O–H groups in total. The molecule has 0 aromatic heterocycles. The molecule has 1 aliphatic heterocycles. The van der Waals surface area contributed by atoms with E-state index in [-0.39, 0.29) is 36.8 Å². The molecule has 0 spiro atoms. The molecule has 2 aliphatic rings. The topological polar surface area (TPSA) is 95.7 Å². The lowest BCUT2D eigenvalue weighted by atomic mass is 10.0. The Balaban J connectivity index is 0.00000210. The molecule has 1 aromatic carbocycles. The Morgan fingerprint density at radius 3 is 2.31 bits per heavy atom. The van der Waals surface area contributed by atoms with Crippen molar-refractivity contribution in [2.24, 2.45) is 11.7 Å². The van der Waals surface area contributed by atoms with Gasteiger partial charge in [0.15, 0.2) is 0 Å². The molecule has 0 radical (unpaired) electrons. The minimum atomic E-state index is -3.47. The van der Waals surface area contributed by atoms with E-state index in [4.69, 9.17) is 5.73 Å². The summed E-state index contributed by atoms with van der Waals surface area (Å²) in [5.74, 6) is 0.389. The Labute approximate surface area is 186 Å². The molecule has 7 nitrogen and oxygen atoms in total. The van der Waals surface area contributed by atoms with Gasteiger partial charge in [-0.25, -0.2) is 8.42 Å². The van der Waals surface area contributed by atoms with Gasteiger partial charge in [0, 0.05) is 32.2 Å². The molecule has 2 fully saturated rings. The van der Waals surface area contributed by atoms with Crippen molar-refractivity contribution in [3.05, 3.63) is 29.8 Å². The van der Waals surface area contributed by atoms with E-state index in [9.17, 15) is 13.2 Å². The van der Waals surface area contributed by atoms with Crippen LogP contribution in [0, 0.1) is 12.8 Å². The van der Waals surface area contributed by atoms with Gasteiger partial charge >= 0.3 is 0 Å². The van der Waals surface area contributed by atoms with E-state index in [0.717, 1.165) is 24.8 Å². The average molecular weight is 467 g/mol. The molecular formula is C19H32Cl2N4O3S. The van der Waals surface area contributed by atoms with Crippen molar-refractivity contribution >= 4 is 40.7 Å². The molecule has 1 aromatic rings. The lowest BCUT2D eigenvalue weighted by molar-refractivity contribution is -0.123. The van der Waals surface area contributed by atoms with Crippen LogP contribution in [0.3, 0.4) is 0 Å². The van der Waals surface area contributed by atoms with E-state index in [1.165, 1.54) is 4.31 Å². The van der Waals surface area contributed by atoms with E-state index in [1.54, 1.807) is 12.1 Å². The molecule has 0 bridgehead atoms. The van der Waals surface area contributed by atoms with Crippen LogP contribution in [-0.2, 0) is 14.8 Å². The summed E-state index contributed by atoms with van der Waals surface area (Å²) in [5, 5.41) is 3.11. The average Bonchev–Trinajstić information content (AvgIpc) is 3.09. The molecule has 1 heterocycles. The van der Waals surface area contributed by atoms with E-state index < -0.39 is 10.0 Å². The van der Waals surface area contributed by atoms with Crippen LogP contribution in [0.15, 0.2) is 29.2 Å². The Kier molecular flexibility index (Phi) is 10.3. The van der Waals surface area contributed by atoms with Crippen molar-refractivity contribution in [3.63, 3.8) is 0 Å². The zero-order valence-corrected chi connectivity index (χ0v) is 19.2. The van der Waals surface area contributed by atoms with Crippen molar-refractivity contribution in [1.29, 1.82) is 0 Å². The third kappa shape index (κ3) is 6.54. The molecule has 166 valence electrons. The first kappa shape index (κ1) is 26.1. The lowest BCUT2D eigenvalue weighted by Crippen LogP contribution is -2.52. The highest BCUT2D eigenvalue weighted by Gasteiger charge is 2.30. The van der Waals surface area contributed by atoms with Gasteiger partial charge in [-0.05, 0) is 44.4 Å². The number of hydrogen-bond donors (Lipinski definition) is 2. The van der Waals surface area contributed by atoms with Crippen LogP contribution in [0.5, 0.6) is 0 Å². The summed E-state index contributed by atoms with van der Waals surface area (Å²) in [5.41, 5.74) is 6.80. The largest absolute Gasteiger partial charge is 0.352 e. The third-order valence-electron chi connectivity index (χ3n) is 5.67. The van der Waals surface area contributed by atoms with E-state index in [2.05, 4.69) is 5.32 Å². The molecule has 1 saturated heterocycles. The number of hydrogen-bond acceptors (Lipinski definition) is 5. The smallest absolute Gasteiger partial charge is 0.243 e. The van der Waals surface area contributed by atoms with Crippen molar-refractivity contribution in [3.8, 4) is 0 Å². The number of nitrogens with one attached hydrogen (secondary N) is 1. The van der Waals surface area contributed by atoms with Crippen molar-refractivity contribution in [1.82, 2.24) is 14.5 Å². The highest BCUT2D eigenvalue weighted by molar-refractivity contribution is 7.89. The van der Waals surface area contributed by atoms with Gasteiger partial charge in [-0.2, -0.15) is 4.31 Å². The van der Waals surface area contributed by atoms with Crippen molar-refractivity contribution in [2.45, 2.75) is 37.1 Å². The highest BCUT2D eigenvalue weighted by atomic mass is 35.5. The molecular weight excluding hydrogens is 435 g/mol. The number of nitrogens with zero attached hydrogens (tertiary/aromatic N) is 2. The molecule has 10 heteroatoms. The number of carbonyl (C=O) groups excluding carboxylic acids is 1. The van der Waals surface area contributed by atoms with Crippen LogP contribution in [0.4, 0.5) is 0 Å². The molecule has 2 unspecified atom stereocenters. The molecule has 1 aliphatic carbocycles. The number of aryl methyl sites for hydroxylation is 1. The van der Waals surface area contributed by atoms with Crippen LogP contribution in [0.2, 0.25) is 0 Å². The van der Waals surface area contributed by atoms with Crippen molar-refractivity contribution < 1.29 is 13.2 Å². The predicted molar refractivity (Wildman–Crippen MR) is 119 cm³/mol. The minimum Gasteiger partial charge on any atom is -0.352 e. The second-order valence-electron chi connectivity index (χ2n) is 7.59. The third-order valence-corrected chi connectivity index (χ3v) is 7.58. The molecule has 3 rings (SSSR count). The predicted octanol–water partition coefficient (Wildman–Crippen LogP) is 1.39. The number of rotatable bonds is 6. The first-order valence-electron chi connectivity index (χ1n) is 9.69. The van der Waals surface area contributed by atoms with Crippen molar-refractivity contribution in [2.75, 3.05) is 39.3 Å². The minimum absolute atomic E-state index is 0. The number of carbonyl (C=O) groups is 1. The Hall–Kier alpha value is -0.900. The summed E-state index contributed by atoms with van der Waals surface area (Å²) in [6.07, 6.45) is 3.19. The number of benzene rings is 1. The second kappa shape index (κ2) is 11.5. The number of piperazine rings is 1. The summed E-state index contributed by atoms with van der Waals surface area (Å²) in [6.45, 7) is 4.78. The maximum Gasteiger partial charge on any atom is 0.243 e. The Morgan fingerprint density at radius 2 is 1.72 bits per heavy atom. The van der Waals surface area contributed by atoms with Gasteiger partial charge in [-0.3, -0.25) is 9.69 Å². The molecule has 2 atom stereocenters. The van der Waals surface area contributed by atoms with Gasteiger partial charge in [-0.1, -0.05) is 24.1 Å². The van der Waals surface area contributed by atoms with Gasteiger partial charge in [-0.15, -0.1) is 24.8 Å². The fourth-order valence-electron chi connectivity index (χ4n) is 3.95. The summed E-state index contributed by atoms with van der Waals surface area (Å²) in [4.78, 5) is 14.7. The zero-order chi connectivity index (χ0) is 19.4. The SMILES string of the molecule is Cc1ccc(S(=O)(=O)N2CCN(CC(=O)NC3CCCC3CN)CC2)cc1.Cl.Cl. The fourth-order valence-corrected chi connectivity index (χ4v) is 5.37. The number of sulfonamides is 1. The summed E-state index contributed by atoms with van der Waals surface area (Å²) in [6, 6.07) is 7.11. The fraction of sp³-hybridized carbons (Fsp3) is 0.632. The van der Waals surface area contributed by atoms with Crippen LogP contribution in [0.25, 0.3) is 0 Å². The van der Waals surface area contributed by atoms with E-state index in [1.807, 2.05) is 24.0 Å². The summed E-state index contributed by atoms with van der Waals surface area (Å²) >= 11 is 0. The number of halogens is 2. The summed E-state index contributed by atoms with van der Waals surface area (Å²) < 4.78 is 27.0. The molecule has 1 amide bonds. The van der Waals surface area contributed by atoms with Gasteiger partial charge in [0.1, 0.15) is 0 Å². The zero-order valence-electron chi connectivity index (χ0n) is 16.7. The van der Waals surface area contributed by atoms with Gasteiger partial charge < -0.3 is 11.1 Å². The quantitative estimate of drug-likeness (QED) is 0.659. The molecule has 1 saturated carbocycles.